The van der Waals surface area contributed by atoms with E-state index in [1.807, 2.05) is 36.6 Å². The molecule has 1 unspecified atom stereocenters. The maximum Gasteiger partial charge on any atom is 0.290 e. The Hall–Kier alpha value is -2.38. The summed E-state index contributed by atoms with van der Waals surface area (Å²) in [5, 5.41) is 1.91. The number of carbonyl (C=O) groups excluding carboxylic acids is 2. The standard InChI is InChI=1S/C19H21N3O3S/c1-22(17-5-2-3-10-20-17)11-4-12-25-15-8-6-14(7-9-15)13-16-18(23)21-19(24)26-16/h2-3,6-10,13,17H,4-5,11-12H2,1H3,(H,21,23,24)/b16-13+. The highest BCUT2D eigenvalue weighted by molar-refractivity contribution is 8.18. The van der Waals surface area contributed by atoms with Gasteiger partial charge in [-0.15, -0.1) is 0 Å². The molecular formula is C19H21N3O3S. The highest BCUT2D eigenvalue weighted by Crippen LogP contribution is 2.26. The minimum atomic E-state index is -0.345. The molecule has 0 bridgehead atoms. The number of ether oxygens (including phenoxy) is 1. The molecule has 26 heavy (non-hydrogen) atoms. The van der Waals surface area contributed by atoms with Gasteiger partial charge in [-0.05, 0) is 55.1 Å². The molecule has 1 N–H and O–H groups in total. The zero-order valence-corrected chi connectivity index (χ0v) is 15.4. The monoisotopic (exact) mass is 371 g/mol. The lowest BCUT2D eigenvalue weighted by Gasteiger charge is -2.24. The summed E-state index contributed by atoms with van der Waals surface area (Å²) in [4.78, 5) is 29.8. The van der Waals surface area contributed by atoms with Crippen LogP contribution in [0.15, 0.2) is 46.3 Å². The molecule has 2 heterocycles. The van der Waals surface area contributed by atoms with Gasteiger partial charge in [0.05, 0.1) is 11.5 Å². The lowest BCUT2D eigenvalue weighted by molar-refractivity contribution is -0.115. The van der Waals surface area contributed by atoms with Gasteiger partial charge in [0.15, 0.2) is 0 Å². The van der Waals surface area contributed by atoms with E-state index in [0.29, 0.717) is 11.5 Å². The lowest BCUT2D eigenvalue weighted by Crippen LogP contribution is -2.32. The van der Waals surface area contributed by atoms with Gasteiger partial charge in [0.2, 0.25) is 0 Å². The number of nitrogens with zero attached hydrogens (tertiary/aromatic N) is 2. The van der Waals surface area contributed by atoms with Crippen molar-refractivity contribution in [3.8, 4) is 5.75 Å². The first-order chi connectivity index (χ1) is 12.6. The summed E-state index contributed by atoms with van der Waals surface area (Å²) >= 11 is 0.915. The van der Waals surface area contributed by atoms with E-state index in [9.17, 15) is 9.59 Å². The Labute approximate surface area is 157 Å². The quantitative estimate of drug-likeness (QED) is 0.589. The summed E-state index contributed by atoms with van der Waals surface area (Å²) in [5.41, 5.74) is 0.854. The van der Waals surface area contributed by atoms with Gasteiger partial charge in [0.1, 0.15) is 11.9 Å². The molecule has 136 valence electrons. The molecule has 0 aliphatic carbocycles. The van der Waals surface area contributed by atoms with Crippen molar-refractivity contribution in [3.05, 3.63) is 46.9 Å². The van der Waals surface area contributed by atoms with E-state index >= 15 is 0 Å². The van der Waals surface area contributed by atoms with Crippen molar-refractivity contribution in [1.29, 1.82) is 0 Å². The van der Waals surface area contributed by atoms with Gasteiger partial charge < -0.3 is 4.74 Å². The molecule has 0 spiro atoms. The van der Waals surface area contributed by atoms with Gasteiger partial charge in [-0.1, -0.05) is 18.2 Å². The number of benzene rings is 1. The highest BCUT2D eigenvalue weighted by Gasteiger charge is 2.24. The summed E-state index contributed by atoms with van der Waals surface area (Å²) in [7, 11) is 2.07. The average molecular weight is 371 g/mol. The fourth-order valence-electron chi connectivity index (χ4n) is 2.65. The van der Waals surface area contributed by atoms with Crippen molar-refractivity contribution in [1.82, 2.24) is 10.2 Å². The molecule has 7 heteroatoms. The van der Waals surface area contributed by atoms with Crippen LogP contribution in [0, 0.1) is 0 Å². The van der Waals surface area contributed by atoms with Gasteiger partial charge in [-0.3, -0.25) is 24.8 Å². The predicted octanol–water partition coefficient (Wildman–Crippen LogP) is 3.07. The number of allylic oxidation sites excluding steroid dienone is 1. The maximum atomic E-state index is 11.5. The second kappa shape index (κ2) is 8.82. The van der Waals surface area contributed by atoms with Gasteiger partial charge in [0, 0.05) is 19.2 Å². The van der Waals surface area contributed by atoms with Crippen LogP contribution in [0.2, 0.25) is 0 Å². The zero-order valence-electron chi connectivity index (χ0n) is 14.6. The first-order valence-electron chi connectivity index (χ1n) is 8.48. The van der Waals surface area contributed by atoms with Crippen molar-refractivity contribution in [2.24, 2.45) is 4.99 Å². The van der Waals surface area contributed by atoms with Crippen LogP contribution < -0.4 is 10.1 Å². The second-order valence-electron chi connectivity index (χ2n) is 6.05. The number of hydrogen-bond donors (Lipinski definition) is 1. The largest absolute Gasteiger partial charge is 0.494 e. The Balaban J connectivity index is 1.42. The molecule has 3 rings (SSSR count). The molecule has 1 aromatic rings. The van der Waals surface area contributed by atoms with E-state index in [1.165, 1.54) is 0 Å². The molecule has 2 aliphatic heterocycles. The summed E-state index contributed by atoms with van der Waals surface area (Å²) in [6.07, 6.45) is 9.74. The third-order valence-electron chi connectivity index (χ3n) is 4.08. The molecule has 0 saturated carbocycles. The summed E-state index contributed by atoms with van der Waals surface area (Å²) < 4.78 is 5.77. The summed E-state index contributed by atoms with van der Waals surface area (Å²) in [5.74, 6) is 0.440. The fourth-order valence-corrected chi connectivity index (χ4v) is 3.33. The van der Waals surface area contributed by atoms with Gasteiger partial charge in [-0.25, -0.2) is 0 Å². The topological polar surface area (TPSA) is 71.0 Å². The van der Waals surface area contributed by atoms with Crippen LogP contribution in [0.3, 0.4) is 0 Å². The van der Waals surface area contributed by atoms with E-state index in [0.717, 1.165) is 42.5 Å². The van der Waals surface area contributed by atoms with Crippen molar-refractivity contribution in [2.45, 2.75) is 19.0 Å². The van der Waals surface area contributed by atoms with E-state index in [4.69, 9.17) is 4.74 Å². The molecule has 1 fully saturated rings. The Bertz CT molecular complexity index is 756. The number of thioether (sulfide) groups is 1. The number of amides is 2. The number of carbonyl (C=O) groups is 2. The van der Waals surface area contributed by atoms with Crippen LogP contribution in [-0.2, 0) is 4.79 Å². The molecule has 1 aromatic carbocycles. The van der Waals surface area contributed by atoms with Crippen molar-refractivity contribution < 1.29 is 14.3 Å². The second-order valence-corrected chi connectivity index (χ2v) is 7.06. The molecule has 2 amide bonds. The molecule has 0 aromatic heterocycles. The van der Waals surface area contributed by atoms with Crippen molar-refractivity contribution in [2.75, 3.05) is 20.2 Å². The lowest BCUT2D eigenvalue weighted by atomic mass is 10.2. The molecule has 2 aliphatic rings. The zero-order chi connectivity index (χ0) is 18.4. The number of dihydropyridines is 1. The molecule has 0 radical (unpaired) electrons. The SMILES string of the molecule is CN(CCCOc1ccc(/C=C2/SC(=O)NC2=O)cc1)C1CC=CC=N1. The number of imide groups is 1. The van der Waals surface area contributed by atoms with Crippen molar-refractivity contribution in [3.63, 3.8) is 0 Å². The average Bonchev–Trinajstić information content (AvgIpc) is 2.97. The Morgan fingerprint density at radius 3 is 2.81 bits per heavy atom. The number of aliphatic imine (C=N–C) groups is 1. The van der Waals surface area contributed by atoms with Crippen LogP contribution in [0.4, 0.5) is 4.79 Å². The fraction of sp³-hybridized carbons (Fsp3) is 0.316. The van der Waals surface area contributed by atoms with Crippen LogP contribution in [-0.4, -0.2) is 48.6 Å². The summed E-state index contributed by atoms with van der Waals surface area (Å²) in [6, 6.07) is 7.47. The van der Waals surface area contributed by atoms with E-state index in [-0.39, 0.29) is 17.3 Å². The third-order valence-corrected chi connectivity index (χ3v) is 4.89. The molecule has 1 atom stereocenters. The number of rotatable bonds is 7. The smallest absolute Gasteiger partial charge is 0.290 e. The molecule has 6 nitrogen and oxygen atoms in total. The summed E-state index contributed by atoms with van der Waals surface area (Å²) in [6.45, 7) is 1.55. The normalized spacial score (nSPS) is 20.8. The Kier molecular flexibility index (Phi) is 6.25. The molecular weight excluding hydrogens is 350 g/mol. The van der Waals surface area contributed by atoms with Crippen LogP contribution >= 0.6 is 11.8 Å². The first kappa shape index (κ1) is 18.4. The first-order valence-corrected chi connectivity index (χ1v) is 9.30. The Morgan fingerprint density at radius 1 is 1.35 bits per heavy atom. The van der Waals surface area contributed by atoms with E-state index in [1.54, 1.807) is 6.08 Å². The highest BCUT2D eigenvalue weighted by atomic mass is 32.2. The van der Waals surface area contributed by atoms with Crippen molar-refractivity contribution >= 4 is 35.2 Å². The van der Waals surface area contributed by atoms with Gasteiger partial charge >= 0.3 is 0 Å². The Morgan fingerprint density at radius 2 is 2.15 bits per heavy atom. The van der Waals surface area contributed by atoms with E-state index in [2.05, 4.69) is 28.3 Å². The predicted molar refractivity (Wildman–Crippen MR) is 104 cm³/mol. The minimum absolute atomic E-state index is 0.227. The number of hydrogen-bond acceptors (Lipinski definition) is 6. The minimum Gasteiger partial charge on any atom is -0.494 e. The van der Waals surface area contributed by atoms with Gasteiger partial charge in [-0.2, -0.15) is 0 Å². The third kappa shape index (κ3) is 5.06. The van der Waals surface area contributed by atoms with Crippen LogP contribution in [0.5, 0.6) is 5.75 Å². The van der Waals surface area contributed by atoms with E-state index < -0.39 is 0 Å². The maximum absolute atomic E-state index is 11.5. The van der Waals surface area contributed by atoms with Gasteiger partial charge in [0.25, 0.3) is 11.1 Å². The number of nitrogens with one attached hydrogen (secondary N) is 1. The van der Waals surface area contributed by atoms with Crippen LogP contribution in [0.25, 0.3) is 6.08 Å². The molecule has 1 saturated heterocycles. The van der Waals surface area contributed by atoms with Crippen LogP contribution in [0.1, 0.15) is 18.4 Å².